The van der Waals surface area contributed by atoms with E-state index in [1.54, 1.807) is 13.3 Å². The fourth-order valence-electron chi connectivity index (χ4n) is 3.27. The van der Waals surface area contributed by atoms with E-state index in [0.717, 1.165) is 48.8 Å². The number of nitrogens with one attached hydrogen (secondary N) is 1. The monoisotopic (exact) mass is 395 g/mol. The molecule has 1 aliphatic rings. The number of amides is 1. The van der Waals surface area contributed by atoms with Gasteiger partial charge in [0.1, 0.15) is 5.75 Å². The maximum atomic E-state index is 12.4. The molecule has 4 rings (SSSR count). The first kappa shape index (κ1) is 18.4. The van der Waals surface area contributed by atoms with Gasteiger partial charge in [-0.2, -0.15) is 0 Å². The first-order valence-electron chi connectivity index (χ1n) is 9.16. The Labute approximate surface area is 167 Å². The van der Waals surface area contributed by atoms with Gasteiger partial charge in [-0.1, -0.05) is 0 Å². The van der Waals surface area contributed by atoms with E-state index >= 15 is 0 Å². The number of thiazole rings is 1. The lowest BCUT2D eigenvalue weighted by Crippen LogP contribution is -2.38. The fourth-order valence-corrected chi connectivity index (χ4v) is 3.80. The summed E-state index contributed by atoms with van der Waals surface area (Å²) in [5, 5.41) is 14.2. The van der Waals surface area contributed by atoms with E-state index in [1.165, 1.54) is 11.3 Å². The highest BCUT2D eigenvalue weighted by atomic mass is 32.1. The highest BCUT2D eigenvalue weighted by Gasteiger charge is 2.26. The van der Waals surface area contributed by atoms with Gasteiger partial charge in [0.25, 0.3) is 0 Å². The minimum atomic E-state index is 0.00619. The van der Waals surface area contributed by atoms with Gasteiger partial charge in [0.2, 0.25) is 5.91 Å². The zero-order chi connectivity index (χ0) is 19.3. The molecule has 3 aromatic rings. The van der Waals surface area contributed by atoms with Gasteiger partial charge in [-0.05, 0) is 49.2 Å². The van der Waals surface area contributed by atoms with E-state index in [4.69, 9.17) is 4.74 Å². The third-order valence-corrected chi connectivity index (χ3v) is 5.58. The number of hydrogen-bond acceptors (Lipinski definition) is 7. The molecule has 1 fully saturated rings. The number of aromatic nitrogens is 3. The van der Waals surface area contributed by atoms with Crippen molar-refractivity contribution < 1.29 is 9.53 Å². The lowest BCUT2D eigenvalue weighted by molar-refractivity contribution is -0.120. The predicted octanol–water partition coefficient (Wildman–Crippen LogP) is 3.46. The topological polar surface area (TPSA) is 80.2 Å². The van der Waals surface area contributed by atoms with Crippen LogP contribution in [0.25, 0.3) is 11.3 Å². The number of ether oxygens (including phenoxy) is 1. The van der Waals surface area contributed by atoms with Crippen LogP contribution >= 0.6 is 11.3 Å². The van der Waals surface area contributed by atoms with Crippen LogP contribution in [0.2, 0.25) is 0 Å². The van der Waals surface area contributed by atoms with Crippen molar-refractivity contribution in [3.63, 3.8) is 0 Å². The third-order valence-electron chi connectivity index (χ3n) is 4.89. The molecular formula is C20H21N5O2S. The minimum absolute atomic E-state index is 0.00619. The maximum Gasteiger partial charge on any atom is 0.229 e. The van der Waals surface area contributed by atoms with Crippen LogP contribution < -0.4 is 15.0 Å². The molecule has 0 atom stereocenters. The molecule has 0 radical (unpaired) electrons. The molecule has 0 saturated carbocycles. The number of carbonyl (C=O) groups excluding carboxylic acids is 1. The summed E-state index contributed by atoms with van der Waals surface area (Å²) in [4.78, 5) is 18.6. The molecule has 1 aromatic carbocycles. The highest BCUT2D eigenvalue weighted by molar-refractivity contribution is 7.13. The van der Waals surface area contributed by atoms with Crippen LogP contribution in [-0.2, 0) is 4.79 Å². The predicted molar refractivity (Wildman–Crippen MR) is 110 cm³/mol. The summed E-state index contributed by atoms with van der Waals surface area (Å²) < 4.78 is 5.18. The van der Waals surface area contributed by atoms with Crippen LogP contribution in [0.5, 0.6) is 5.75 Å². The van der Waals surface area contributed by atoms with Crippen LogP contribution in [0, 0.1) is 5.92 Å². The number of methoxy groups -OCH3 is 1. The van der Waals surface area contributed by atoms with E-state index in [9.17, 15) is 4.79 Å². The second kappa shape index (κ2) is 8.35. The normalized spacial score (nSPS) is 14.7. The van der Waals surface area contributed by atoms with Crippen LogP contribution in [0.1, 0.15) is 12.8 Å². The van der Waals surface area contributed by atoms with Gasteiger partial charge >= 0.3 is 0 Å². The maximum absolute atomic E-state index is 12.4. The number of nitrogens with zero attached hydrogens (tertiary/aromatic N) is 4. The van der Waals surface area contributed by atoms with Crippen LogP contribution in [0.15, 0.2) is 48.0 Å². The number of benzene rings is 1. The van der Waals surface area contributed by atoms with E-state index < -0.39 is 0 Å². The molecule has 0 spiro atoms. The van der Waals surface area contributed by atoms with E-state index in [-0.39, 0.29) is 11.8 Å². The third kappa shape index (κ3) is 4.12. The van der Waals surface area contributed by atoms with Gasteiger partial charge in [0.05, 0.1) is 12.8 Å². The Balaban J connectivity index is 1.34. The Morgan fingerprint density at radius 3 is 2.54 bits per heavy atom. The Morgan fingerprint density at radius 2 is 1.93 bits per heavy atom. The van der Waals surface area contributed by atoms with Gasteiger partial charge in [-0.15, -0.1) is 21.5 Å². The van der Waals surface area contributed by atoms with Crippen LogP contribution in [-0.4, -0.2) is 41.3 Å². The summed E-state index contributed by atoms with van der Waals surface area (Å²) in [5.74, 6) is 1.72. The van der Waals surface area contributed by atoms with E-state index in [2.05, 4.69) is 25.4 Å². The highest BCUT2D eigenvalue weighted by Crippen LogP contribution is 2.25. The Bertz CT molecular complexity index is 905. The summed E-state index contributed by atoms with van der Waals surface area (Å²) >= 11 is 1.44. The van der Waals surface area contributed by atoms with Crippen molar-refractivity contribution in [2.24, 2.45) is 5.92 Å². The molecule has 8 heteroatoms. The lowest BCUT2D eigenvalue weighted by Gasteiger charge is -2.31. The molecule has 1 amide bonds. The van der Waals surface area contributed by atoms with Gasteiger partial charge in [0.15, 0.2) is 10.9 Å². The number of piperidine rings is 1. The summed E-state index contributed by atoms with van der Waals surface area (Å²) in [6.45, 7) is 1.57. The van der Waals surface area contributed by atoms with Gasteiger partial charge < -0.3 is 15.0 Å². The average Bonchev–Trinajstić information content (AvgIpc) is 3.27. The van der Waals surface area contributed by atoms with E-state index in [1.807, 2.05) is 41.8 Å². The number of rotatable bonds is 5. The molecule has 0 unspecified atom stereocenters. The molecule has 1 N–H and O–H groups in total. The zero-order valence-electron chi connectivity index (χ0n) is 15.5. The van der Waals surface area contributed by atoms with Gasteiger partial charge in [0, 0.05) is 36.1 Å². The van der Waals surface area contributed by atoms with Crippen molar-refractivity contribution in [3.05, 3.63) is 48.0 Å². The van der Waals surface area contributed by atoms with Crippen molar-refractivity contribution in [2.75, 3.05) is 30.4 Å². The Kier molecular flexibility index (Phi) is 5.48. The molecular weight excluding hydrogens is 374 g/mol. The zero-order valence-corrected chi connectivity index (χ0v) is 16.4. The molecule has 7 nitrogen and oxygen atoms in total. The molecule has 144 valence electrons. The summed E-state index contributed by atoms with van der Waals surface area (Å²) in [7, 11) is 1.65. The van der Waals surface area contributed by atoms with Gasteiger partial charge in [-0.25, -0.2) is 4.98 Å². The van der Waals surface area contributed by atoms with Crippen LogP contribution in [0.4, 0.5) is 10.9 Å². The smallest absolute Gasteiger partial charge is 0.229 e. The minimum Gasteiger partial charge on any atom is -0.497 e. The SMILES string of the molecule is COc1ccc(-c2ccc(N3CCC(C(=O)Nc4nccs4)CC3)nn2)cc1. The second-order valence-electron chi connectivity index (χ2n) is 6.59. The van der Waals surface area contributed by atoms with Crippen molar-refractivity contribution in [3.8, 4) is 17.0 Å². The Morgan fingerprint density at radius 1 is 1.14 bits per heavy atom. The number of anilines is 2. The molecule has 1 aliphatic heterocycles. The van der Waals surface area contributed by atoms with Crippen molar-refractivity contribution in [1.82, 2.24) is 15.2 Å². The molecule has 28 heavy (non-hydrogen) atoms. The molecule has 0 aliphatic carbocycles. The second-order valence-corrected chi connectivity index (χ2v) is 7.49. The van der Waals surface area contributed by atoms with Crippen molar-refractivity contribution in [2.45, 2.75) is 12.8 Å². The molecule has 1 saturated heterocycles. The molecule has 2 aromatic heterocycles. The average molecular weight is 395 g/mol. The summed E-state index contributed by atoms with van der Waals surface area (Å²) in [6, 6.07) is 11.7. The number of carbonyl (C=O) groups is 1. The quantitative estimate of drug-likeness (QED) is 0.713. The summed E-state index contributed by atoms with van der Waals surface area (Å²) in [5.41, 5.74) is 1.82. The number of hydrogen-bond donors (Lipinski definition) is 1. The fraction of sp³-hybridized carbons (Fsp3) is 0.300. The largest absolute Gasteiger partial charge is 0.497 e. The Hall–Kier alpha value is -3.00. The van der Waals surface area contributed by atoms with Crippen molar-refractivity contribution in [1.29, 1.82) is 0 Å². The standard InChI is InChI=1S/C20H21N5O2S/c1-27-16-4-2-14(3-5-16)17-6-7-18(24-23-17)25-11-8-15(9-12-25)19(26)22-20-21-10-13-28-20/h2-7,10,13,15H,8-9,11-12H2,1H3,(H,21,22,26). The van der Waals surface area contributed by atoms with E-state index in [0.29, 0.717) is 5.13 Å². The molecule has 0 bridgehead atoms. The van der Waals surface area contributed by atoms with Crippen LogP contribution in [0.3, 0.4) is 0 Å². The summed E-state index contributed by atoms with van der Waals surface area (Å²) in [6.07, 6.45) is 3.27. The van der Waals surface area contributed by atoms with Gasteiger partial charge in [-0.3, -0.25) is 4.79 Å². The first-order valence-corrected chi connectivity index (χ1v) is 10.0. The van der Waals surface area contributed by atoms with Crippen molar-refractivity contribution >= 4 is 28.2 Å². The lowest BCUT2D eigenvalue weighted by atomic mass is 9.96. The molecule has 3 heterocycles. The first-order chi connectivity index (χ1) is 13.7.